The van der Waals surface area contributed by atoms with Gasteiger partial charge >= 0.3 is 5.97 Å². The van der Waals surface area contributed by atoms with E-state index in [-0.39, 0.29) is 5.41 Å². The van der Waals surface area contributed by atoms with E-state index < -0.39 is 11.4 Å². The van der Waals surface area contributed by atoms with Gasteiger partial charge in [0.15, 0.2) is 0 Å². The molecule has 1 saturated carbocycles. The Labute approximate surface area is 106 Å². The van der Waals surface area contributed by atoms with Crippen LogP contribution in [-0.4, -0.2) is 15.6 Å². The molecule has 3 nitrogen and oxygen atoms in total. The molecule has 1 atom stereocenters. The highest BCUT2D eigenvalue weighted by molar-refractivity contribution is 5.90. The van der Waals surface area contributed by atoms with E-state index in [1.165, 1.54) is 0 Å². The molecule has 0 aliphatic heterocycles. The number of hydrogen-bond donors (Lipinski definition) is 1. The lowest BCUT2D eigenvalue weighted by molar-refractivity contribution is -0.141. The van der Waals surface area contributed by atoms with Crippen LogP contribution in [0.2, 0.25) is 0 Å². The highest BCUT2D eigenvalue weighted by Crippen LogP contribution is 2.64. The molecule has 3 rings (SSSR count). The summed E-state index contributed by atoms with van der Waals surface area (Å²) in [4.78, 5) is 11.6. The highest BCUT2D eigenvalue weighted by Gasteiger charge is 2.67. The highest BCUT2D eigenvalue weighted by atomic mass is 16.4. The molecule has 0 saturated heterocycles. The Balaban J connectivity index is 2.18. The normalized spacial score (nSPS) is 25.3. The van der Waals surface area contributed by atoms with Crippen molar-refractivity contribution in [1.82, 2.24) is 4.57 Å². The molecule has 1 unspecified atom stereocenters. The van der Waals surface area contributed by atoms with Gasteiger partial charge in [-0.1, -0.05) is 19.9 Å². The minimum atomic E-state index is -0.706. The summed E-state index contributed by atoms with van der Waals surface area (Å²) in [5.74, 6) is -0.706. The second-order valence-electron chi connectivity index (χ2n) is 5.97. The SMILES string of the molecule is Cn1ccc2cc(C3(C(=O)O)CC3(C)C)ccc21. The van der Waals surface area contributed by atoms with Crippen molar-refractivity contribution in [3.63, 3.8) is 0 Å². The maximum Gasteiger partial charge on any atom is 0.314 e. The van der Waals surface area contributed by atoms with Crippen LogP contribution in [0.4, 0.5) is 0 Å². The third-order valence-electron chi connectivity index (χ3n) is 4.48. The number of benzene rings is 1. The van der Waals surface area contributed by atoms with Crippen LogP contribution in [0.15, 0.2) is 30.5 Å². The minimum Gasteiger partial charge on any atom is -0.481 e. The Kier molecular flexibility index (Phi) is 1.99. The third-order valence-corrected chi connectivity index (χ3v) is 4.48. The standard InChI is InChI=1S/C15H17NO2/c1-14(2)9-15(14,13(17)18)11-4-5-12-10(8-11)6-7-16(12)3/h4-8H,9H2,1-3H3,(H,17,18). The Morgan fingerprint density at radius 1 is 1.33 bits per heavy atom. The molecule has 1 aromatic carbocycles. The second-order valence-corrected chi connectivity index (χ2v) is 5.97. The van der Waals surface area contributed by atoms with Crippen LogP contribution in [0.3, 0.4) is 0 Å². The number of carboxylic acids is 1. The predicted molar refractivity (Wildman–Crippen MR) is 70.6 cm³/mol. The first kappa shape index (κ1) is 11.3. The largest absolute Gasteiger partial charge is 0.481 e. The number of nitrogens with zero attached hydrogens (tertiary/aromatic N) is 1. The van der Waals surface area contributed by atoms with Gasteiger partial charge in [-0.15, -0.1) is 0 Å². The van der Waals surface area contributed by atoms with Gasteiger partial charge in [0.1, 0.15) is 0 Å². The molecule has 1 aliphatic rings. The van der Waals surface area contributed by atoms with Crippen molar-refractivity contribution >= 4 is 16.9 Å². The van der Waals surface area contributed by atoms with Gasteiger partial charge in [0.2, 0.25) is 0 Å². The lowest BCUT2D eigenvalue weighted by atomic mass is 9.87. The first-order valence-electron chi connectivity index (χ1n) is 6.17. The van der Waals surface area contributed by atoms with Crippen molar-refractivity contribution < 1.29 is 9.90 Å². The number of carboxylic acid groups (broad SMARTS) is 1. The fraction of sp³-hybridized carbons (Fsp3) is 0.400. The molecular formula is C15H17NO2. The van der Waals surface area contributed by atoms with Crippen LogP contribution < -0.4 is 0 Å². The average Bonchev–Trinajstić information content (AvgIpc) is 2.72. The van der Waals surface area contributed by atoms with Crippen LogP contribution in [0.1, 0.15) is 25.8 Å². The van der Waals surface area contributed by atoms with E-state index >= 15 is 0 Å². The van der Waals surface area contributed by atoms with Crippen molar-refractivity contribution in [3.8, 4) is 0 Å². The average molecular weight is 243 g/mol. The van der Waals surface area contributed by atoms with Gasteiger partial charge in [-0.3, -0.25) is 4.79 Å². The lowest BCUT2D eigenvalue weighted by Gasteiger charge is -2.16. The fourth-order valence-corrected chi connectivity index (χ4v) is 3.15. The summed E-state index contributed by atoms with van der Waals surface area (Å²) in [6.45, 7) is 4.05. The van der Waals surface area contributed by atoms with Crippen LogP contribution in [0.25, 0.3) is 10.9 Å². The zero-order valence-electron chi connectivity index (χ0n) is 10.9. The summed E-state index contributed by atoms with van der Waals surface area (Å²) < 4.78 is 2.05. The first-order valence-corrected chi connectivity index (χ1v) is 6.17. The van der Waals surface area contributed by atoms with Crippen LogP contribution >= 0.6 is 0 Å². The van der Waals surface area contributed by atoms with E-state index in [9.17, 15) is 9.90 Å². The summed E-state index contributed by atoms with van der Waals surface area (Å²) >= 11 is 0. The fourth-order valence-electron chi connectivity index (χ4n) is 3.15. The molecule has 18 heavy (non-hydrogen) atoms. The van der Waals surface area contributed by atoms with Gasteiger partial charge in [0.25, 0.3) is 0 Å². The zero-order chi connectivity index (χ0) is 13.1. The number of aryl methyl sites for hydroxylation is 1. The topological polar surface area (TPSA) is 42.2 Å². The number of aromatic nitrogens is 1. The summed E-state index contributed by atoms with van der Waals surface area (Å²) in [6, 6.07) is 8.04. The summed E-state index contributed by atoms with van der Waals surface area (Å²) in [5, 5.41) is 10.7. The van der Waals surface area contributed by atoms with Crippen LogP contribution in [-0.2, 0) is 17.3 Å². The van der Waals surface area contributed by atoms with Gasteiger partial charge in [-0.05, 0) is 41.0 Å². The predicted octanol–water partition coefficient (Wildman–Crippen LogP) is 2.93. The number of hydrogen-bond acceptors (Lipinski definition) is 1. The Bertz CT molecular complexity index is 654. The van der Waals surface area contributed by atoms with Gasteiger partial charge in [0, 0.05) is 18.8 Å². The van der Waals surface area contributed by atoms with Gasteiger partial charge < -0.3 is 9.67 Å². The van der Waals surface area contributed by atoms with Crippen molar-refractivity contribution in [2.75, 3.05) is 0 Å². The first-order chi connectivity index (χ1) is 8.38. The van der Waals surface area contributed by atoms with Crippen LogP contribution in [0.5, 0.6) is 0 Å². The Morgan fingerprint density at radius 3 is 2.56 bits per heavy atom. The number of fused-ring (bicyclic) bond motifs is 1. The van der Waals surface area contributed by atoms with E-state index in [0.29, 0.717) is 6.42 Å². The molecular weight excluding hydrogens is 226 g/mol. The molecule has 1 aliphatic carbocycles. The molecule has 1 N–H and O–H groups in total. The molecule has 1 heterocycles. The molecule has 0 bridgehead atoms. The van der Waals surface area contributed by atoms with Crippen molar-refractivity contribution in [3.05, 3.63) is 36.0 Å². The summed E-state index contributed by atoms with van der Waals surface area (Å²) in [7, 11) is 2.00. The van der Waals surface area contributed by atoms with E-state index in [4.69, 9.17) is 0 Å². The van der Waals surface area contributed by atoms with Gasteiger partial charge in [0.05, 0.1) is 5.41 Å². The number of aliphatic carboxylic acids is 1. The third kappa shape index (κ3) is 1.22. The quantitative estimate of drug-likeness (QED) is 0.881. The van der Waals surface area contributed by atoms with Gasteiger partial charge in [-0.2, -0.15) is 0 Å². The monoisotopic (exact) mass is 243 g/mol. The molecule has 0 spiro atoms. The number of rotatable bonds is 2. The molecule has 1 aromatic heterocycles. The van der Waals surface area contributed by atoms with Gasteiger partial charge in [-0.25, -0.2) is 0 Å². The summed E-state index contributed by atoms with van der Waals surface area (Å²) in [5.41, 5.74) is 1.22. The van der Waals surface area contributed by atoms with E-state index in [1.54, 1.807) is 0 Å². The molecule has 1 fully saturated rings. The molecule has 94 valence electrons. The smallest absolute Gasteiger partial charge is 0.314 e. The Hall–Kier alpha value is -1.77. The number of carbonyl (C=O) groups is 1. The summed E-state index contributed by atoms with van der Waals surface area (Å²) in [6.07, 6.45) is 2.72. The van der Waals surface area contributed by atoms with E-state index in [2.05, 4.69) is 0 Å². The Morgan fingerprint density at radius 2 is 2.00 bits per heavy atom. The van der Waals surface area contributed by atoms with E-state index in [1.807, 2.05) is 55.9 Å². The van der Waals surface area contributed by atoms with E-state index in [0.717, 1.165) is 16.5 Å². The van der Waals surface area contributed by atoms with Crippen molar-refractivity contribution in [2.24, 2.45) is 12.5 Å². The molecule has 3 heteroatoms. The zero-order valence-corrected chi connectivity index (χ0v) is 10.9. The van der Waals surface area contributed by atoms with Crippen LogP contribution in [0, 0.1) is 5.41 Å². The van der Waals surface area contributed by atoms with Crippen molar-refractivity contribution in [2.45, 2.75) is 25.7 Å². The lowest BCUT2D eigenvalue weighted by Crippen LogP contribution is -2.25. The molecule has 0 radical (unpaired) electrons. The maximum absolute atomic E-state index is 11.6. The second kappa shape index (κ2) is 3.16. The minimum absolute atomic E-state index is 0.151. The van der Waals surface area contributed by atoms with Crippen molar-refractivity contribution in [1.29, 1.82) is 0 Å². The molecule has 0 amide bonds. The molecule has 2 aromatic rings. The maximum atomic E-state index is 11.6.